The van der Waals surface area contributed by atoms with Crippen LogP contribution in [-0.4, -0.2) is 23.9 Å². The largest absolute Gasteiger partial charge is 0.449 e. The number of ether oxygens (including phenoxy) is 4. The lowest BCUT2D eigenvalue weighted by atomic mass is 9.84. The molecule has 8 heteroatoms. The molecule has 0 aromatic heterocycles. The van der Waals surface area contributed by atoms with Crippen molar-refractivity contribution in [2.24, 2.45) is 0 Å². The van der Waals surface area contributed by atoms with E-state index in [1.54, 1.807) is 0 Å². The van der Waals surface area contributed by atoms with Crippen LogP contribution in [0, 0.1) is 0 Å². The van der Waals surface area contributed by atoms with Crippen molar-refractivity contribution in [3.8, 4) is 0 Å². The van der Waals surface area contributed by atoms with Gasteiger partial charge in [-0.05, 0) is 47.9 Å². The van der Waals surface area contributed by atoms with Gasteiger partial charge in [0.15, 0.2) is 24.4 Å². The van der Waals surface area contributed by atoms with Gasteiger partial charge in [-0.3, -0.25) is 0 Å². The fourth-order valence-corrected chi connectivity index (χ4v) is 8.63. The monoisotopic (exact) mass is 804 g/mol. The van der Waals surface area contributed by atoms with Crippen molar-refractivity contribution in [3.63, 3.8) is 0 Å². The van der Waals surface area contributed by atoms with Gasteiger partial charge in [-0.1, -0.05) is 175 Å². The van der Waals surface area contributed by atoms with Crippen LogP contribution in [0.1, 0.15) is 126 Å². The van der Waals surface area contributed by atoms with Gasteiger partial charge in [0.1, 0.15) is 0 Å². The normalized spacial score (nSPS) is 21.3. The Labute approximate surface area is 352 Å². The summed E-state index contributed by atoms with van der Waals surface area (Å²) in [7, 11) is 0. The standard InChI is InChI=1S/2C26H26O4/c2*1-3-11-19-21(23(29-25(19)27)17-13-7-5-8-14-17)22-20(12-4-2)26(28)30-24(22)18-15-9-6-10-16-18/h2*5-10,13-16,23-24H,3-4,11-12H2,1-2H3/t2*23-,24+. The summed E-state index contributed by atoms with van der Waals surface area (Å²) in [6.07, 6.45) is 3.59. The summed E-state index contributed by atoms with van der Waals surface area (Å²) in [6, 6.07) is 38.9. The Morgan fingerprint density at radius 3 is 0.667 bits per heavy atom. The number of carbonyl (C=O) groups is 4. The van der Waals surface area contributed by atoms with Crippen LogP contribution in [0.25, 0.3) is 0 Å². The number of hydrogen-bond acceptors (Lipinski definition) is 8. The van der Waals surface area contributed by atoms with Crippen molar-refractivity contribution >= 4 is 23.9 Å². The minimum Gasteiger partial charge on any atom is -0.449 e. The van der Waals surface area contributed by atoms with Crippen LogP contribution in [0.5, 0.6) is 0 Å². The first-order valence-corrected chi connectivity index (χ1v) is 21.3. The molecule has 4 aliphatic heterocycles. The van der Waals surface area contributed by atoms with Gasteiger partial charge in [0.05, 0.1) is 0 Å². The third kappa shape index (κ3) is 8.42. The predicted molar refractivity (Wildman–Crippen MR) is 229 cm³/mol. The maximum absolute atomic E-state index is 12.9. The zero-order valence-corrected chi connectivity index (χ0v) is 34.8. The van der Waals surface area contributed by atoms with Crippen LogP contribution < -0.4 is 0 Å². The van der Waals surface area contributed by atoms with Gasteiger partial charge in [0.2, 0.25) is 0 Å². The number of benzene rings is 4. The molecule has 4 heterocycles. The third-order valence-corrected chi connectivity index (χ3v) is 11.2. The Bertz CT molecular complexity index is 2000. The number of carbonyl (C=O) groups excluding carboxylic acids is 4. The maximum atomic E-state index is 12.9. The summed E-state index contributed by atoms with van der Waals surface area (Å²) in [5.74, 6) is -1.18. The molecule has 0 saturated carbocycles. The van der Waals surface area contributed by atoms with Crippen LogP contribution in [0.15, 0.2) is 166 Å². The number of hydrogen-bond donors (Lipinski definition) is 0. The van der Waals surface area contributed by atoms with Gasteiger partial charge in [0, 0.05) is 44.6 Å². The molecule has 0 radical (unpaired) electrons. The van der Waals surface area contributed by atoms with E-state index in [4.69, 9.17) is 18.9 Å². The van der Waals surface area contributed by atoms with Gasteiger partial charge >= 0.3 is 23.9 Å². The van der Waals surface area contributed by atoms with E-state index < -0.39 is 24.4 Å². The highest BCUT2D eigenvalue weighted by atomic mass is 16.6. The second-order valence-electron chi connectivity index (χ2n) is 15.4. The summed E-state index contributed by atoms with van der Waals surface area (Å²) in [5.41, 5.74) is 9.53. The van der Waals surface area contributed by atoms with Crippen LogP contribution in [0.4, 0.5) is 0 Å². The van der Waals surface area contributed by atoms with E-state index >= 15 is 0 Å². The van der Waals surface area contributed by atoms with Crippen molar-refractivity contribution in [1.82, 2.24) is 0 Å². The fourth-order valence-electron chi connectivity index (χ4n) is 8.63. The van der Waals surface area contributed by atoms with E-state index in [1.807, 2.05) is 149 Å². The average Bonchev–Trinajstić information content (AvgIpc) is 3.99. The number of cyclic esters (lactones) is 4. The molecule has 0 amide bonds. The van der Waals surface area contributed by atoms with Gasteiger partial charge < -0.3 is 18.9 Å². The van der Waals surface area contributed by atoms with Crippen molar-refractivity contribution in [1.29, 1.82) is 0 Å². The highest BCUT2D eigenvalue weighted by Gasteiger charge is 2.46. The first-order valence-electron chi connectivity index (χ1n) is 21.3. The van der Waals surface area contributed by atoms with Crippen molar-refractivity contribution in [2.45, 2.75) is 103 Å². The molecule has 308 valence electrons. The lowest BCUT2D eigenvalue weighted by molar-refractivity contribution is -0.141. The first kappa shape index (κ1) is 41.9. The molecular formula is C52H52O8. The molecule has 0 unspecified atom stereocenters. The molecule has 0 saturated heterocycles. The molecule has 4 aromatic rings. The lowest BCUT2D eigenvalue weighted by Gasteiger charge is -2.21. The van der Waals surface area contributed by atoms with Gasteiger partial charge in [-0.2, -0.15) is 0 Å². The molecule has 60 heavy (non-hydrogen) atoms. The van der Waals surface area contributed by atoms with E-state index in [9.17, 15) is 19.2 Å². The lowest BCUT2D eigenvalue weighted by Crippen LogP contribution is -2.09. The Balaban J connectivity index is 0.000000181. The smallest absolute Gasteiger partial charge is 0.335 e. The summed E-state index contributed by atoms with van der Waals surface area (Å²) in [4.78, 5) is 51.5. The molecule has 8 nitrogen and oxygen atoms in total. The predicted octanol–water partition coefficient (Wildman–Crippen LogP) is 11.6. The van der Waals surface area contributed by atoms with Gasteiger partial charge in [0.25, 0.3) is 0 Å². The van der Waals surface area contributed by atoms with Crippen LogP contribution in [-0.2, 0) is 38.1 Å². The molecule has 0 N–H and O–H groups in total. The molecular weight excluding hydrogens is 753 g/mol. The van der Waals surface area contributed by atoms with Crippen LogP contribution in [0.2, 0.25) is 0 Å². The summed E-state index contributed by atoms with van der Waals surface area (Å²) in [5, 5.41) is 0. The highest BCUT2D eigenvalue weighted by molar-refractivity contribution is 5.99. The number of esters is 4. The minimum absolute atomic E-state index is 0.296. The molecule has 4 atom stereocenters. The van der Waals surface area contributed by atoms with E-state index in [1.165, 1.54) is 0 Å². The second-order valence-corrected chi connectivity index (χ2v) is 15.4. The molecule has 4 aromatic carbocycles. The van der Waals surface area contributed by atoms with E-state index in [0.717, 1.165) is 70.2 Å². The van der Waals surface area contributed by atoms with Gasteiger partial charge in [-0.25, -0.2) is 19.2 Å². The Hall–Kier alpha value is -6.28. The van der Waals surface area contributed by atoms with E-state index in [-0.39, 0.29) is 23.9 Å². The summed E-state index contributed by atoms with van der Waals surface area (Å²) < 4.78 is 23.5. The topological polar surface area (TPSA) is 105 Å². The molecule has 0 aliphatic carbocycles. The van der Waals surface area contributed by atoms with Crippen molar-refractivity contribution in [3.05, 3.63) is 188 Å². The fraction of sp³-hybridized carbons (Fsp3) is 0.308. The molecule has 0 fully saturated rings. The summed E-state index contributed by atoms with van der Waals surface area (Å²) in [6.45, 7) is 8.17. The SMILES string of the molecule is CCCC1=C(C2=C(CCC)C(=O)O[C@@H]2c2ccccc2)[C@H](c2ccccc2)OC1=O.CCCC1=C(C2=C(CCC)C(=O)O[C@@H]2c2ccccc2)[C@H](c2ccccc2)OC1=O. The highest BCUT2D eigenvalue weighted by Crippen LogP contribution is 2.52. The third-order valence-electron chi connectivity index (χ3n) is 11.2. The minimum atomic E-state index is -0.525. The van der Waals surface area contributed by atoms with E-state index in [2.05, 4.69) is 0 Å². The summed E-state index contributed by atoms with van der Waals surface area (Å²) >= 11 is 0. The van der Waals surface area contributed by atoms with Crippen LogP contribution >= 0.6 is 0 Å². The molecule has 0 bridgehead atoms. The zero-order chi connectivity index (χ0) is 42.2. The van der Waals surface area contributed by atoms with E-state index in [0.29, 0.717) is 48.0 Å². The molecule has 8 rings (SSSR count). The average molecular weight is 805 g/mol. The molecule has 0 spiro atoms. The number of rotatable bonds is 14. The quantitative estimate of drug-likeness (QED) is 0.0916. The van der Waals surface area contributed by atoms with Gasteiger partial charge in [-0.15, -0.1) is 0 Å². The second kappa shape index (κ2) is 19.2. The van der Waals surface area contributed by atoms with Crippen molar-refractivity contribution in [2.75, 3.05) is 0 Å². The zero-order valence-electron chi connectivity index (χ0n) is 34.8. The Morgan fingerprint density at radius 2 is 0.500 bits per heavy atom. The Kier molecular flexibility index (Phi) is 13.4. The van der Waals surface area contributed by atoms with Crippen LogP contribution in [0.3, 0.4) is 0 Å². The maximum Gasteiger partial charge on any atom is 0.335 e. The molecule has 4 aliphatic rings. The van der Waals surface area contributed by atoms with Crippen molar-refractivity contribution < 1.29 is 38.1 Å². The Morgan fingerprint density at radius 1 is 0.317 bits per heavy atom. The first-order chi connectivity index (χ1) is 29.3.